The molecule has 3 N–H and O–H groups in total. The number of hydrogen-bond donors (Lipinski definition) is 3. The Hall–Kier alpha value is -2.82. The van der Waals surface area contributed by atoms with Gasteiger partial charge in [0.05, 0.1) is 0 Å². The molecule has 1 aliphatic rings. The Bertz CT molecular complexity index is 811. The highest BCUT2D eigenvalue weighted by molar-refractivity contribution is 5.93. The van der Waals surface area contributed by atoms with E-state index in [0.717, 1.165) is 43.0 Å². The molecule has 0 aromatic heterocycles. The van der Waals surface area contributed by atoms with Gasteiger partial charge in [-0.25, -0.2) is 0 Å². The Morgan fingerprint density at radius 3 is 2.30 bits per heavy atom. The Kier molecular flexibility index (Phi) is 6.47. The van der Waals surface area contributed by atoms with Gasteiger partial charge in [-0.15, -0.1) is 0 Å². The summed E-state index contributed by atoms with van der Waals surface area (Å²) in [6.07, 6.45) is 3.18. The molecule has 2 aromatic rings. The Labute approximate surface area is 161 Å². The molecule has 1 saturated carbocycles. The van der Waals surface area contributed by atoms with Crippen LogP contribution in [-0.2, 0) is 17.9 Å². The molecule has 142 valence electrons. The molecule has 5 nitrogen and oxygen atoms in total. The zero-order valence-corrected chi connectivity index (χ0v) is 16.1. The van der Waals surface area contributed by atoms with Crippen molar-refractivity contribution in [1.29, 1.82) is 0 Å². The monoisotopic (exact) mass is 364 g/mol. The van der Waals surface area contributed by atoms with Crippen LogP contribution in [0.25, 0.3) is 0 Å². The number of nitrogens with one attached hydrogen (secondary N) is 3. The number of benzene rings is 2. The third-order valence-corrected chi connectivity index (χ3v) is 4.90. The first-order chi connectivity index (χ1) is 13.1. The second-order valence-corrected chi connectivity index (χ2v) is 7.09. The number of hydrogen-bond acceptors (Lipinski definition) is 2. The van der Waals surface area contributed by atoms with Crippen molar-refractivity contribution in [2.24, 2.45) is 10.9 Å². The number of anilines is 1. The van der Waals surface area contributed by atoms with E-state index < -0.39 is 0 Å². The number of aliphatic imine (C=N–C) groups is 1. The Morgan fingerprint density at radius 2 is 1.70 bits per heavy atom. The zero-order valence-electron chi connectivity index (χ0n) is 16.1. The number of nitrogens with zero attached hydrogens (tertiary/aromatic N) is 1. The molecule has 0 atom stereocenters. The van der Waals surface area contributed by atoms with Crippen molar-refractivity contribution in [2.45, 2.75) is 39.3 Å². The van der Waals surface area contributed by atoms with Gasteiger partial charge in [-0.1, -0.05) is 48.4 Å². The standard InChI is InChI=1S/C22H28N4O/c1-16-6-3-7-17(12-16)14-24-22(23-2)25-15-18-8-4-11-20(13-18)26-21(27)19-9-5-10-19/h3-4,6-8,11-13,19H,5,9-10,14-15H2,1-2H3,(H,26,27)(H2,23,24,25). The summed E-state index contributed by atoms with van der Waals surface area (Å²) in [6, 6.07) is 16.4. The lowest BCUT2D eigenvalue weighted by Crippen LogP contribution is -2.36. The van der Waals surface area contributed by atoms with E-state index in [1.54, 1.807) is 7.05 Å². The van der Waals surface area contributed by atoms with E-state index in [4.69, 9.17) is 0 Å². The molecule has 2 aromatic carbocycles. The van der Waals surface area contributed by atoms with E-state index in [2.05, 4.69) is 52.1 Å². The predicted octanol–water partition coefficient (Wildman–Crippen LogP) is 3.60. The van der Waals surface area contributed by atoms with Gasteiger partial charge in [-0.05, 0) is 43.0 Å². The number of guanidine groups is 1. The molecule has 3 rings (SSSR count). The van der Waals surface area contributed by atoms with E-state index in [1.807, 2.05) is 24.3 Å². The molecule has 5 heteroatoms. The maximum Gasteiger partial charge on any atom is 0.227 e. The average molecular weight is 364 g/mol. The van der Waals surface area contributed by atoms with Gasteiger partial charge in [0, 0.05) is 31.7 Å². The highest BCUT2D eigenvalue weighted by atomic mass is 16.1. The van der Waals surface area contributed by atoms with Gasteiger partial charge < -0.3 is 16.0 Å². The molecular weight excluding hydrogens is 336 g/mol. The normalized spacial score (nSPS) is 14.4. The van der Waals surface area contributed by atoms with Crippen LogP contribution in [0.15, 0.2) is 53.5 Å². The van der Waals surface area contributed by atoms with Crippen molar-refractivity contribution in [3.05, 3.63) is 65.2 Å². The summed E-state index contributed by atoms with van der Waals surface area (Å²) in [7, 11) is 1.76. The van der Waals surface area contributed by atoms with Gasteiger partial charge in [-0.2, -0.15) is 0 Å². The van der Waals surface area contributed by atoms with Crippen LogP contribution in [-0.4, -0.2) is 18.9 Å². The van der Waals surface area contributed by atoms with Crippen LogP contribution in [0.3, 0.4) is 0 Å². The summed E-state index contributed by atoms with van der Waals surface area (Å²) >= 11 is 0. The minimum Gasteiger partial charge on any atom is -0.352 e. The number of amides is 1. The Balaban J connectivity index is 1.50. The number of carbonyl (C=O) groups is 1. The summed E-state index contributed by atoms with van der Waals surface area (Å²) in [5, 5.41) is 9.68. The molecule has 1 amide bonds. The van der Waals surface area contributed by atoms with Crippen molar-refractivity contribution in [2.75, 3.05) is 12.4 Å². The highest BCUT2D eigenvalue weighted by Gasteiger charge is 2.25. The first kappa shape index (κ1) is 19.0. The number of rotatable bonds is 6. The summed E-state index contributed by atoms with van der Waals surface area (Å²) < 4.78 is 0. The van der Waals surface area contributed by atoms with Crippen molar-refractivity contribution < 1.29 is 4.79 Å². The maximum atomic E-state index is 12.1. The molecule has 0 unspecified atom stereocenters. The van der Waals surface area contributed by atoms with Gasteiger partial charge in [0.1, 0.15) is 0 Å². The molecule has 0 saturated heterocycles. The van der Waals surface area contributed by atoms with Crippen LogP contribution in [0.1, 0.15) is 36.0 Å². The lowest BCUT2D eigenvalue weighted by atomic mass is 9.85. The van der Waals surface area contributed by atoms with Crippen molar-refractivity contribution >= 4 is 17.6 Å². The fraction of sp³-hybridized carbons (Fsp3) is 0.364. The third-order valence-electron chi connectivity index (χ3n) is 4.90. The maximum absolute atomic E-state index is 12.1. The van der Waals surface area contributed by atoms with Crippen molar-refractivity contribution in [1.82, 2.24) is 10.6 Å². The SMILES string of the molecule is CN=C(NCc1cccc(C)c1)NCc1cccc(NC(=O)C2CCC2)c1. The zero-order chi connectivity index (χ0) is 19.1. The molecule has 1 fully saturated rings. The summed E-state index contributed by atoms with van der Waals surface area (Å²) in [5.74, 6) is 1.08. The minimum atomic E-state index is 0.141. The van der Waals surface area contributed by atoms with Gasteiger partial charge in [0.25, 0.3) is 0 Å². The molecule has 0 spiro atoms. The molecule has 0 aliphatic heterocycles. The van der Waals surface area contributed by atoms with Crippen molar-refractivity contribution in [3.8, 4) is 0 Å². The van der Waals surface area contributed by atoms with Crippen LogP contribution in [0.2, 0.25) is 0 Å². The fourth-order valence-electron chi connectivity index (χ4n) is 3.09. The smallest absolute Gasteiger partial charge is 0.227 e. The molecule has 0 radical (unpaired) electrons. The fourth-order valence-corrected chi connectivity index (χ4v) is 3.09. The van der Waals surface area contributed by atoms with Crippen LogP contribution < -0.4 is 16.0 Å². The van der Waals surface area contributed by atoms with Gasteiger partial charge >= 0.3 is 0 Å². The lowest BCUT2D eigenvalue weighted by Gasteiger charge is -2.24. The average Bonchev–Trinajstić information content (AvgIpc) is 2.61. The number of carbonyl (C=O) groups excluding carboxylic acids is 1. The molecule has 0 heterocycles. The van der Waals surface area contributed by atoms with E-state index in [1.165, 1.54) is 11.1 Å². The topological polar surface area (TPSA) is 65.5 Å². The quantitative estimate of drug-likeness (QED) is 0.542. The first-order valence-electron chi connectivity index (χ1n) is 9.54. The summed E-state index contributed by atoms with van der Waals surface area (Å²) in [6.45, 7) is 3.45. The van der Waals surface area contributed by atoms with E-state index in [9.17, 15) is 4.79 Å². The van der Waals surface area contributed by atoms with E-state index in [0.29, 0.717) is 6.54 Å². The summed E-state index contributed by atoms with van der Waals surface area (Å²) in [5.41, 5.74) is 4.42. The first-order valence-corrected chi connectivity index (χ1v) is 9.54. The van der Waals surface area contributed by atoms with Gasteiger partial charge in [0.15, 0.2) is 5.96 Å². The molecule has 27 heavy (non-hydrogen) atoms. The highest BCUT2D eigenvalue weighted by Crippen LogP contribution is 2.27. The van der Waals surface area contributed by atoms with Crippen LogP contribution in [0.4, 0.5) is 5.69 Å². The summed E-state index contributed by atoms with van der Waals surface area (Å²) in [4.78, 5) is 16.4. The second-order valence-electron chi connectivity index (χ2n) is 7.09. The van der Waals surface area contributed by atoms with Crippen LogP contribution in [0, 0.1) is 12.8 Å². The minimum absolute atomic E-state index is 0.141. The number of aryl methyl sites for hydroxylation is 1. The van der Waals surface area contributed by atoms with E-state index in [-0.39, 0.29) is 11.8 Å². The largest absolute Gasteiger partial charge is 0.352 e. The van der Waals surface area contributed by atoms with E-state index >= 15 is 0 Å². The van der Waals surface area contributed by atoms with Crippen molar-refractivity contribution in [3.63, 3.8) is 0 Å². The lowest BCUT2D eigenvalue weighted by molar-refractivity contribution is -0.122. The van der Waals surface area contributed by atoms with Crippen LogP contribution >= 0.6 is 0 Å². The molecule has 0 bridgehead atoms. The van der Waals surface area contributed by atoms with Crippen LogP contribution in [0.5, 0.6) is 0 Å². The van der Waals surface area contributed by atoms with Gasteiger partial charge in [-0.3, -0.25) is 9.79 Å². The Morgan fingerprint density at radius 1 is 1.04 bits per heavy atom. The second kappa shape index (κ2) is 9.21. The predicted molar refractivity (Wildman–Crippen MR) is 111 cm³/mol. The molecule has 1 aliphatic carbocycles. The van der Waals surface area contributed by atoms with Gasteiger partial charge in [0.2, 0.25) is 5.91 Å². The third kappa shape index (κ3) is 5.58. The molecular formula is C22H28N4O.